The molecule has 1 aromatic carbocycles. The molecule has 0 radical (unpaired) electrons. The fraction of sp³-hybridized carbons (Fsp3) is 0.444. The van der Waals surface area contributed by atoms with Crippen molar-refractivity contribution < 1.29 is 17.7 Å². The van der Waals surface area contributed by atoms with Crippen molar-refractivity contribution in [1.29, 1.82) is 0 Å². The summed E-state index contributed by atoms with van der Waals surface area (Å²) in [7, 11) is -3.53. The lowest BCUT2D eigenvalue weighted by Gasteiger charge is -2.34. The number of sulfonamides is 1. The van der Waals surface area contributed by atoms with Gasteiger partial charge in [0.15, 0.2) is 5.69 Å². The molecule has 7 nitrogen and oxygen atoms in total. The molecule has 0 aliphatic carbocycles. The Morgan fingerprint density at radius 1 is 1.19 bits per heavy atom. The van der Waals surface area contributed by atoms with E-state index in [1.807, 2.05) is 0 Å². The molecule has 0 bridgehead atoms. The fourth-order valence-corrected chi connectivity index (χ4v) is 5.01. The second-order valence-electron chi connectivity index (χ2n) is 7.07. The summed E-state index contributed by atoms with van der Waals surface area (Å²) in [6, 6.07) is 7.72. The first kappa shape index (κ1) is 18.6. The van der Waals surface area contributed by atoms with Crippen molar-refractivity contribution in [1.82, 2.24) is 9.46 Å². The van der Waals surface area contributed by atoms with Crippen LogP contribution >= 0.6 is 0 Å². The van der Waals surface area contributed by atoms with Crippen LogP contribution in [0, 0.1) is 18.8 Å². The van der Waals surface area contributed by atoms with Crippen LogP contribution in [0.5, 0.6) is 0 Å². The van der Waals surface area contributed by atoms with Crippen molar-refractivity contribution >= 4 is 21.6 Å². The molecule has 26 heavy (non-hydrogen) atoms. The summed E-state index contributed by atoms with van der Waals surface area (Å²) in [5.74, 6) is 0.828. The van der Waals surface area contributed by atoms with Gasteiger partial charge in [-0.1, -0.05) is 19.0 Å². The summed E-state index contributed by atoms with van der Waals surface area (Å²) >= 11 is 0. The number of rotatable bonds is 4. The second kappa shape index (κ2) is 7.20. The lowest BCUT2D eigenvalue weighted by atomic mass is 9.94. The molecular formula is C18H23N3O4S. The van der Waals surface area contributed by atoms with Crippen molar-refractivity contribution in [2.75, 3.05) is 18.4 Å². The number of piperidine rings is 1. The summed E-state index contributed by atoms with van der Waals surface area (Å²) < 4.78 is 32.1. The number of anilines is 1. The number of benzene rings is 1. The first-order valence-corrected chi connectivity index (χ1v) is 10.0. The van der Waals surface area contributed by atoms with Gasteiger partial charge in [-0.05, 0) is 49.4 Å². The SMILES string of the molecule is Cc1cc(C(=O)Nc2ccc(S(=O)(=O)N3C[C@H](C)C[C@H](C)C3)cc2)no1. The van der Waals surface area contributed by atoms with Crippen LogP contribution in [-0.2, 0) is 10.0 Å². The topological polar surface area (TPSA) is 92.5 Å². The number of hydrogen-bond donors (Lipinski definition) is 1. The van der Waals surface area contributed by atoms with E-state index in [4.69, 9.17) is 4.52 Å². The summed E-state index contributed by atoms with van der Waals surface area (Å²) in [6.45, 7) is 6.92. The molecule has 2 aromatic rings. The number of nitrogens with zero attached hydrogens (tertiary/aromatic N) is 2. The van der Waals surface area contributed by atoms with Gasteiger partial charge >= 0.3 is 0 Å². The summed E-state index contributed by atoms with van der Waals surface area (Å²) in [4.78, 5) is 12.3. The van der Waals surface area contributed by atoms with E-state index in [2.05, 4.69) is 24.3 Å². The van der Waals surface area contributed by atoms with Crippen LogP contribution in [0.25, 0.3) is 0 Å². The van der Waals surface area contributed by atoms with Crippen LogP contribution in [0.4, 0.5) is 5.69 Å². The standard InChI is InChI=1S/C18H23N3O4S/c1-12-8-13(2)11-21(10-12)26(23,24)16-6-4-15(5-7-16)19-18(22)17-9-14(3)25-20-17/h4-7,9,12-13H,8,10-11H2,1-3H3,(H,19,22)/t12-,13+. The summed E-state index contributed by atoms with van der Waals surface area (Å²) in [5, 5.41) is 6.33. The molecule has 1 aromatic heterocycles. The van der Waals surface area contributed by atoms with E-state index >= 15 is 0 Å². The van der Waals surface area contributed by atoms with Gasteiger partial charge in [0.25, 0.3) is 5.91 Å². The van der Waals surface area contributed by atoms with Crippen LogP contribution in [0.1, 0.15) is 36.5 Å². The van der Waals surface area contributed by atoms with Gasteiger partial charge in [0, 0.05) is 24.8 Å². The normalized spacial score (nSPS) is 21.5. The first-order chi connectivity index (χ1) is 12.3. The van der Waals surface area contributed by atoms with Gasteiger partial charge in [-0.15, -0.1) is 0 Å². The Kier molecular flexibility index (Phi) is 5.15. The Balaban J connectivity index is 1.73. The molecule has 8 heteroatoms. The van der Waals surface area contributed by atoms with Crippen LogP contribution in [0.2, 0.25) is 0 Å². The quantitative estimate of drug-likeness (QED) is 0.884. The predicted molar refractivity (Wildman–Crippen MR) is 97.3 cm³/mol. The Bertz CT molecular complexity index is 879. The molecule has 1 aliphatic rings. The van der Waals surface area contributed by atoms with E-state index in [1.54, 1.807) is 23.4 Å². The van der Waals surface area contributed by atoms with E-state index in [9.17, 15) is 13.2 Å². The van der Waals surface area contributed by atoms with E-state index in [1.165, 1.54) is 18.2 Å². The molecule has 140 valence electrons. The highest BCUT2D eigenvalue weighted by Gasteiger charge is 2.31. The van der Waals surface area contributed by atoms with E-state index in [-0.39, 0.29) is 10.6 Å². The molecule has 2 heterocycles. The molecule has 1 aliphatic heterocycles. The summed E-state index contributed by atoms with van der Waals surface area (Å²) in [6.07, 6.45) is 1.04. The van der Waals surface area contributed by atoms with Gasteiger partial charge in [-0.2, -0.15) is 4.31 Å². The maximum absolute atomic E-state index is 12.9. The molecule has 1 amide bonds. The van der Waals surface area contributed by atoms with E-state index in [0.29, 0.717) is 36.4 Å². The largest absolute Gasteiger partial charge is 0.361 e. The molecule has 1 N–H and O–H groups in total. The van der Waals surface area contributed by atoms with Crippen molar-refractivity contribution in [3.8, 4) is 0 Å². The molecule has 1 fully saturated rings. The average molecular weight is 377 g/mol. The Hall–Kier alpha value is -2.19. The van der Waals surface area contributed by atoms with E-state index < -0.39 is 15.9 Å². The highest BCUT2D eigenvalue weighted by molar-refractivity contribution is 7.89. The maximum atomic E-state index is 12.9. The Morgan fingerprint density at radius 2 is 1.81 bits per heavy atom. The highest BCUT2D eigenvalue weighted by atomic mass is 32.2. The van der Waals surface area contributed by atoms with Crippen molar-refractivity contribution in [2.24, 2.45) is 11.8 Å². The number of amides is 1. The lowest BCUT2D eigenvalue weighted by molar-refractivity contribution is 0.101. The second-order valence-corrected chi connectivity index (χ2v) is 9.01. The molecule has 2 atom stereocenters. The van der Waals surface area contributed by atoms with Crippen molar-refractivity contribution in [3.63, 3.8) is 0 Å². The average Bonchev–Trinajstić information content (AvgIpc) is 3.01. The van der Waals surface area contributed by atoms with Gasteiger partial charge in [-0.3, -0.25) is 4.79 Å². The minimum absolute atomic E-state index is 0.176. The van der Waals surface area contributed by atoms with Gasteiger partial charge in [-0.25, -0.2) is 8.42 Å². The Labute approximate surface area is 153 Å². The zero-order valence-electron chi connectivity index (χ0n) is 15.1. The minimum Gasteiger partial charge on any atom is -0.361 e. The highest BCUT2D eigenvalue weighted by Crippen LogP contribution is 2.27. The van der Waals surface area contributed by atoms with Gasteiger partial charge in [0.1, 0.15) is 5.76 Å². The minimum atomic E-state index is -3.53. The zero-order chi connectivity index (χ0) is 18.9. The number of nitrogens with one attached hydrogen (secondary N) is 1. The predicted octanol–water partition coefficient (Wildman–Crippen LogP) is 2.90. The first-order valence-electron chi connectivity index (χ1n) is 8.60. The molecule has 0 unspecified atom stereocenters. The maximum Gasteiger partial charge on any atom is 0.277 e. The molecule has 3 rings (SSSR count). The van der Waals surface area contributed by atoms with Gasteiger partial charge in [0.05, 0.1) is 4.90 Å². The smallest absolute Gasteiger partial charge is 0.277 e. The third-order valence-corrected chi connectivity index (χ3v) is 6.29. The lowest BCUT2D eigenvalue weighted by Crippen LogP contribution is -2.42. The molecule has 0 saturated carbocycles. The monoisotopic (exact) mass is 377 g/mol. The fourth-order valence-electron chi connectivity index (χ4n) is 3.33. The van der Waals surface area contributed by atoms with Gasteiger partial charge < -0.3 is 9.84 Å². The Morgan fingerprint density at radius 3 is 2.35 bits per heavy atom. The molecular weight excluding hydrogens is 354 g/mol. The van der Waals surface area contributed by atoms with E-state index in [0.717, 1.165) is 6.42 Å². The number of aromatic nitrogens is 1. The van der Waals surface area contributed by atoms with Gasteiger partial charge in [0.2, 0.25) is 10.0 Å². The summed E-state index contributed by atoms with van der Waals surface area (Å²) in [5.41, 5.74) is 0.672. The van der Waals surface area contributed by atoms with Crippen LogP contribution in [0.15, 0.2) is 39.8 Å². The third-order valence-electron chi connectivity index (χ3n) is 4.45. The number of hydrogen-bond acceptors (Lipinski definition) is 5. The van der Waals surface area contributed by atoms with Crippen molar-refractivity contribution in [2.45, 2.75) is 32.1 Å². The van der Waals surface area contributed by atoms with Crippen LogP contribution < -0.4 is 5.32 Å². The zero-order valence-corrected chi connectivity index (χ0v) is 15.9. The molecule has 1 saturated heterocycles. The molecule has 0 spiro atoms. The van der Waals surface area contributed by atoms with Crippen LogP contribution in [0.3, 0.4) is 0 Å². The number of carbonyl (C=O) groups excluding carboxylic acids is 1. The number of carbonyl (C=O) groups is 1. The number of aryl methyl sites for hydroxylation is 1. The third kappa shape index (κ3) is 3.96. The van der Waals surface area contributed by atoms with Crippen molar-refractivity contribution in [3.05, 3.63) is 41.8 Å². The van der Waals surface area contributed by atoms with Crippen LogP contribution in [-0.4, -0.2) is 36.9 Å².